The van der Waals surface area contributed by atoms with Crippen LogP contribution in [0.4, 0.5) is 18.9 Å². The van der Waals surface area contributed by atoms with Crippen LogP contribution in [0.15, 0.2) is 40.6 Å². The number of benzene rings is 1. The molecule has 0 aliphatic rings. The summed E-state index contributed by atoms with van der Waals surface area (Å²) in [6, 6.07) is 4.10. The van der Waals surface area contributed by atoms with Gasteiger partial charge in [0.25, 0.3) is 5.56 Å². The van der Waals surface area contributed by atoms with Crippen molar-refractivity contribution >= 4 is 39.7 Å². The Kier molecular flexibility index (Phi) is 5.42. The third kappa shape index (κ3) is 4.61. The normalized spacial score (nSPS) is 11.7. The van der Waals surface area contributed by atoms with Crippen LogP contribution in [0, 0.1) is 0 Å². The van der Waals surface area contributed by atoms with E-state index in [4.69, 9.17) is 0 Å². The molecular weight excluding hydrogens is 403 g/mol. The minimum absolute atomic E-state index is 0.0340. The number of carbonyl (C=O) groups excluding carboxylic acids is 1. The number of rotatable bonds is 5. The van der Waals surface area contributed by atoms with E-state index in [1.165, 1.54) is 39.6 Å². The third-order valence-electron chi connectivity index (χ3n) is 3.43. The van der Waals surface area contributed by atoms with Crippen LogP contribution in [-0.2, 0) is 16.7 Å². The molecule has 27 heavy (non-hydrogen) atoms. The van der Waals surface area contributed by atoms with Crippen molar-refractivity contribution in [1.82, 2.24) is 9.38 Å². The van der Waals surface area contributed by atoms with Crippen LogP contribution in [0.5, 0.6) is 5.75 Å². The van der Waals surface area contributed by atoms with E-state index in [9.17, 15) is 27.9 Å². The SMILES string of the molecule is O=C(CSCc1cc(=O)n2ccsc2n1)Nc1ccc(O)c(C(F)(F)F)c1. The number of halogens is 3. The number of phenolic OH excluding ortho intramolecular Hbond substituents is 1. The fraction of sp³-hybridized carbons (Fsp3) is 0.188. The molecule has 0 aliphatic carbocycles. The molecule has 142 valence electrons. The molecule has 0 fully saturated rings. The molecule has 0 atom stereocenters. The van der Waals surface area contributed by atoms with Crippen LogP contribution in [0.2, 0.25) is 0 Å². The summed E-state index contributed by atoms with van der Waals surface area (Å²) in [5.41, 5.74) is -0.988. The predicted molar refractivity (Wildman–Crippen MR) is 97.2 cm³/mol. The van der Waals surface area contributed by atoms with Crippen molar-refractivity contribution in [2.75, 3.05) is 11.1 Å². The lowest BCUT2D eigenvalue weighted by Crippen LogP contribution is -2.16. The second-order valence-electron chi connectivity index (χ2n) is 5.41. The van der Waals surface area contributed by atoms with Gasteiger partial charge in [0.05, 0.1) is 17.0 Å². The Morgan fingerprint density at radius 3 is 2.85 bits per heavy atom. The number of nitrogens with one attached hydrogen (secondary N) is 1. The minimum Gasteiger partial charge on any atom is -0.507 e. The maximum absolute atomic E-state index is 12.8. The van der Waals surface area contributed by atoms with Gasteiger partial charge >= 0.3 is 6.18 Å². The molecule has 2 N–H and O–H groups in total. The largest absolute Gasteiger partial charge is 0.507 e. The summed E-state index contributed by atoms with van der Waals surface area (Å²) in [4.78, 5) is 28.6. The lowest BCUT2D eigenvalue weighted by Gasteiger charge is -2.11. The first kappa shape index (κ1) is 19.2. The number of anilines is 1. The second-order valence-corrected chi connectivity index (χ2v) is 7.27. The molecule has 1 amide bonds. The maximum Gasteiger partial charge on any atom is 0.420 e. The van der Waals surface area contributed by atoms with Gasteiger partial charge in [0.2, 0.25) is 5.91 Å². The van der Waals surface area contributed by atoms with E-state index in [0.29, 0.717) is 22.5 Å². The second kappa shape index (κ2) is 7.61. The Bertz CT molecular complexity index is 1050. The fourth-order valence-corrected chi connectivity index (χ4v) is 3.70. The average molecular weight is 415 g/mol. The van der Waals surface area contributed by atoms with Gasteiger partial charge in [-0.1, -0.05) is 0 Å². The van der Waals surface area contributed by atoms with E-state index >= 15 is 0 Å². The Labute approximate surface area is 158 Å². The monoisotopic (exact) mass is 415 g/mol. The predicted octanol–water partition coefficient (Wildman–Crippen LogP) is 3.35. The Morgan fingerprint density at radius 2 is 2.11 bits per heavy atom. The summed E-state index contributed by atoms with van der Waals surface area (Å²) in [5, 5.41) is 13.4. The Morgan fingerprint density at radius 1 is 1.33 bits per heavy atom. The highest BCUT2D eigenvalue weighted by Gasteiger charge is 2.34. The summed E-state index contributed by atoms with van der Waals surface area (Å²) in [6.45, 7) is 0. The van der Waals surface area contributed by atoms with E-state index in [0.717, 1.165) is 6.07 Å². The van der Waals surface area contributed by atoms with Crippen molar-refractivity contribution in [1.29, 1.82) is 0 Å². The highest BCUT2D eigenvalue weighted by molar-refractivity contribution is 7.99. The molecule has 0 radical (unpaired) electrons. The summed E-state index contributed by atoms with van der Waals surface area (Å²) < 4.78 is 39.7. The van der Waals surface area contributed by atoms with Crippen LogP contribution in [0.3, 0.4) is 0 Å². The number of aromatic hydroxyl groups is 1. The summed E-state index contributed by atoms with van der Waals surface area (Å²) in [6.07, 6.45) is -3.10. The lowest BCUT2D eigenvalue weighted by molar-refractivity contribution is -0.138. The van der Waals surface area contributed by atoms with Gasteiger partial charge in [-0.05, 0) is 18.2 Å². The maximum atomic E-state index is 12.8. The topological polar surface area (TPSA) is 83.7 Å². The molecule has 11 heteroatoms. The number of amides is 1. The van der Waals surface area contributed by atoms with Crippen LogP contribution >= 0.6 is 23.1 Å². The van der Waals surface area contributed by atoms with Gasteiger partial charge in [-0.15, -0.1) is 23.1 Å². The van der Waals surface area contributed by atoms with Gasteiger partial charge in [-0.2, -0.15) is 13.2 Å². The number of nitrogens with zero attached hydrogens (tertiary/aromatic N) is 2. The first-order valence-electron chi connectivity index (χ1n) is 7.47. The first-order chi connectivity index (χ1) is 12.7. The van der Waals surface area contributed by atoms with E-state index in [-0.39, 0.29) is 17.0 Å². The molecule has 0 aliphatic heterocycles. The van der Waals surface area contributed by atoms with Crippen molar-refractivity contribution in [2.45, 2.75) is 11.9 Å². The third-order valence-corrected chi connectivity index (χ3v) is 5.15. The molecule has 0 unspecified atom stereocenters. The van der Waals surface area contributed by atoms with Gasteiger partial charge in [0.1, 0.15) is 5.75 Å². The average Bonchev–Trinajstić information content (AvgIpc) is 3.05. The number of phenols is 1. The van der Waals surface area contributed by atoms with Crippen molar-refractivity contribution in [3.8, 4) is 5.75 Å². The Balaban J connectivity index is 1.59. The number of thioether (sulfide) groups is 1. The zero-order valence-electron chi connectivity index (χ0n) is 13.5. The number of fused-ring (bicyclic) bond motifs is 1. The molecule has 0 saturated carbocycles. The molecule has 1 aromatic carbocycles. The number of hydrogen-bond acceptors (Lipinski definition) is 6. The van der Waals surface area contributed by atoms with Gasteiger partial charge < -0.3 is 10.4 Å². The zero-order valence-corrected chi connectivity index (χ0v) is 15.1. The molecule has 3 rings (SSSR count). The molecule has 3 aromatic rings. The molecule has 2 aromatic heterocycles. The molecular formula is C16H12F3N3O3S2. The molecule has 0 bridgehead atoms. The lowest BCUT2D eigenvalue weighted by atomic mass is 10.1. The molecule has 6 nitrogen and oxygen atoms in total. The number of aromatic nitrogens is 2. The van der Waals surface area contributed by atoms with Gasteiger partial charge in [-0.3, -0.25) is 14.0 Å². The fourth-order valence-electron chi connectivity index (χ4n) is 2.25. The number of alkyl halides is 3. The van der Waals surface area contributed by atoms with Crippen LogP contribution in [-0.4, -0.2) is 26.2 Å². The van der Waals surface area contributed by atoms with Crippen molar-refractivity contribution in [3.05, 3.63) is 57.5 Å². The number of carbonyl (C=O) groups is 1. The number of thiazole rings is 1. The van der Waals surface area contributed by atoms with E-state index in [2.05, 4.69) is 10.3 Å². The van der Waals surface area contributed by atoms with Crippen molar-refractivity contribution < 1.29 is 23.1 Å². The number of hydrogen-bond donors (Lipinski definition) is 2. The Hall–Kier alpha value is -2.53. The molecule has 0 saturated heterocycles. The quantitative estimate of drug-likeness (QED) is 0.625. The van der Waals surface area contributed by atoms with E-state index in [1.807, 2.05) is 0 Å². The molecule has 0 spiro atoms. The summed E-state index contributed by atoms with van der Waals surface area (Å²) in [7, 11) is 0. The summed E-state index contributed by atoms with van der Waals surface area (Å²) in [5.74, 6) is -1.14. The highest BCUT2D eigenvalue weighted by Crippen LogP contribution is 2.37. The first-order valence-corrected chi connectivity index (χ1v) is 9.51. The van der Waals surface area contributed by atoms with Gasteiger partial charge in [-0.25, -0.2) is 4.98 Å². The zero-order chi connectivity index (χ0) is 19.6. The van der Waals surface area contributed by atoms with Crippen LogP contribution in [0.1, 0.15) is 11.3 Å². The van der Waals surface area contributed by atoms with Gasteiger partial charge in [0, 0.05) is 29.1 Å². The van der Waals surface area contributed by atoms with Crippen molar-refractivity contribution in [3.63, 3.8) is 0 Å². The van der Waals surface area contributed by atoms with E-state index in [1.54, 1.807) is 11.6 Å². The minimum atomic E-state index is -4.72. The highest BCUT2D eigenvalue weighted by atomic mass is 32.2. The van der Waals surface area contributed by atoms with Crippen LogP contribution in [0.25, 0.3) is 4.96 Å². The van der Waals surface area contributed by atoms with Gasteiger partial charge in [0.15, 0.2) is 4.96 Å². The van der Waals surface area contributed by atoms with Crippen molar-refractivity contribution in [2.24, 2.45) is 0 Å². The standard InChI is InChI=1S/C16H12F3N3O3S2/c17-16(18,19)11-5-9(1-2-12(11)23)20-13(24)8-26-7-10-6-14(25)22-3-4-27-15(22)21-10/h1-6,23H,7-8H2,(H,20,24). The molecule has 2 heterocycles. The van der Waals surface area contributed by atoms with Crippen LogP contribution < -0.4 is 10.9 Å². The van der Waals surface area contributed by atoms with E-state index < -0.39 is 23.4 Å². The smallest absolute Gasteiger partial charge is 0.420 e. The summed E-state index contributed by atoms with van der Waals surface area (Å²) >= 11 is 2.49.